The number of amides is 1. The van der Waals surface area contributed by atoms with E-state index in [4.69, 9.17) is 5.73 Å². The van der Waals surface area contributed by atoms with Gasteiger partial charge >= 0.3 is 0 Å². The second-order valence-corrected chi connectivity index (χ2v) is 4.53. The van der Waals surface area contributed by atoms with Gasteiger partial charge in [-0.15, -0.1) is 0 Å². The SMILES string of the molecule is Nc1ccccc1N(C=O)c1cccc2ccccc12. The molecule has 0 saturated heterocycles. The number of fused-ring (bicyclic) bond motifs is 1. The molecule has 0 aliphatic carbocycles. The summed E-state index contributed by atoms with van der Waals surface area (Å²) in [5.41, 5.74) is 8.08. The lowest BCUT2D eigenvalue weighted by Gasteiger charge is -2.21. The Kier molecular flexibility index (Phi) is 3.09. The van der Waals surface area contributed by atoms with Crippen LogP contribution in [0.5, 0.6) is 0 Å². The third-order valence-corrected chi connectivity index (χ3v) is 3.33. The topological polar surface area (TPSA) is 46.3 Å². The van der Waals surface area contributed by atoms with Gasteiger partial charge in [0.05, 0.1) is 17.1 Å². The number of nitrogens with two attached hydrogens (primary N) is 1. The van der Waals surface area contributed by atoms with Crippen LogP contribution in [0.15, 0.2) is 66.7 Å². The zero-order valence-corrected chi connectivity index (χ0v) is 10.9. The minimum absolute atomic E-state index is 0.576. The predicted octanol–water partition coefficient (Wildman–Crippen LogP) is 3.72. The van der Waals surface area contributed by atoms with Crippen molar-refractivity contribution in [3.05, 3.63) is 66.7 Å². The number of anilines is 3. The van der Waals surface area contributed by atoms with Gasteiger partial charge in [0.2, 0.25) is 6.41 Å². The molecule has 0 aromatic heterocycles. The molecule has 0 bridgehead atoms. The molecule has 0 fully saturated rings. The number of benzene rings is 3. The summed E-state index contributed by atoms with van der Waals surface area (Å²) in [6.07, 6.45) is 0.799. The maximum atomic E-state index is 11.6. The van der Waals surface area contributed by atoms with Crippen LogP contribution in [-0.2, 0) is 4.79 Å². The van der Waals surface area contributed by atoms with Crippen molar-refractivity contribution in [3.63, 3.8) is 0 Å². The van der Waals surface area contributed by atoms with Crippen molar-refractivity contribution in [3.8, 4) is 0 Å². The molecule has 3 rings (SSSR count). The molecule has 0 spiro atoms. The van der Waals surface area contributed by atoms with Gasteiger partial charge in [0, 0.05) is 5.39 Å². The van der Waals surface area contributed by atoms with E-state index in [0.29, 0.717) is 11.4 Å². The molecule has 0 radical (unpaired) electrons. The molecule has 0 aliphatic heterocycles. The Morgan fingerprint density at radius 1 is 0.800 bits per heavy atom. The van der Waals surface area contributed by atoms with Crippen LogP contribution in [0.25, 0.3) is 10.8 Å². The van der Waals surface area contributed by atoms with Gasteiger partial charge in [-0.2, -0.15) is 0 Å². The summed E-state index contributed by atoms with van der Waals surface area (Å²) in [5.74, 6) is 0. The van der Waals surface area contributed by atoms with E-state index in [-0.39, 0.29) is 0 Å². The number of hydrogen-bond donors (Lipinski definition) is 1. The average molecular weight is 262 g/mol. The maximum Gasteiger partial charge on any atom is 0.218 e. The number of carbonyl (C=O) groups excluding carboxylic acids is 1. The Bertz CT molecular complexity index is 762. The van der Waals surface area contributed by atoms with Gasteiger partial charge in [0.1, 0.15) is 0 Å². The Labute approximate surface area is 117 Å². The first-order chi connectivity index (χ1) is 9.81. The molecule has 0 heterocycles. The summed E-state index contributed by atoms with van der Waals surface area (Å²) in [4.78, 5) is 13.2. The van der Waals surface area contributed by atoms with Crippen molar-refractivity contribution in [2.24, 2.45) is 0 Å². The highest BCUT2D eigenvalue weighted by Crippen LogP contribution is 2.33. The lowest BCUT2D eigenvalue weighted by molar-refractivity contribution is -0.106. The molecule has 3 nitrogen and oxygen atoms in total. The summed E-state index contributed by atoms with van der Waals surface area (Å²) >= 11 is 0. The second-order valence-electron chi connectivity index (χ2n) is 4.53. The smallest absolute Gasteiger partial charge is 0.218 e. The standard InChI is InChI=1S/C17H14N2O/c18-15-9-3-4-10-17(15)19(12-20)16-11-5-7-13-6-1-2-8-14(13)16/h1-12H,18H2. The van der Waals surface area contributed by atoms with Gasteiger partial charge in [0.25, 0.3) is 0 Å². The molecule has 3 aromatic rings. The maximum absolute atomic E-state index is 11.6. The number of nitrogen functional groups attached to an aromatic ring is 1. The van der Waals surface area contributed by atoms with E-state index in [9.17, 15) is 4.79 Å². The van der Waals surface area contributed by atoms with Gasteiger partial charge in [-0.25, -0.2) is 0 Å². The third kappa shape index (κ3) is 1.99. The summed E-state index contributed by atoms with van der Waals surface area (Å²) < 4.78 is 0. The molecule has 0 unspecified atom stereocenters. The molecule has 98 valence electrons. The highest BCUT2D eigenvalue weighted by Gasteiger charge is 2.13. The van der Waals surface area contributed by atoms with Crippen LogP contribution >= 0.6 is 0 Å². The van der Waals surface area contributed by atoms with Gasteiger partial charge in [-0.3, -0.25) is 9.69 Å². The summed E-state index contributed by atoms with van der Waals surface area (Å²) in [5, 5.41) is 2.11. The van der Waals surface area contributed by atoms with Crippen LogP contribution < -0.4 is 10.6 Å². The molecular formula is C17H14N2O. The van der Waals surface area contributed by atoms with Crippen LogP contribution in [0.4, 0.5) is 17.1 Å². The van der Waals surface area contributed by atoms with Crippen LogP contribution in [0.2, 0.25) is 0 Å². The molecular weight excluding hydrogens is 248 g/mol. The molecule has 3 heteroatoms. The lowest BCUT2D eigenvalue weighted by Crippen LogP contribution is -2.15. The molecule has 0 atom stereocenters. The molecule has 2 N–H and O–H groups in total. The monoisotopic (exact) mass is 262 g/mol. The normalized spacial score (nSPS) is 10.4. The zero-order valence-electron chi connectivity index (χ0n) is 10.9. The van der Waals surface area contributed by atoms with E-state index in [0.717, 1.165) is 22.9 Å². The van der Waals surface area contributed by atoms with Crippen molar-refractivity contribution in [2.75, 3.05) is 10.6 Å². The molecule has 1 amide bonds. The van der Waals surface area contributed by atoms with Crippen LogP contribution in [0.3, 0.4) is 0 Å². The van der Waals surface area contributed by atoms with E-state index < -0.39 is 0 Å². The number of carbonyl (C=O) groups is 1. The number of hydrogen-bond acceptors (Lipinski definition) is 2. The minimum Gasteiger partial charge on any atom is -0.397 e. The third-order valence-electron chi connectivity index (χ3n) is 3.33. The number of nitrogens with zero attached hydrogens (tertiary/aromatic N) is 1. The number of rotatable bonds is 3. The first kappa shape index (κ1) is 12.2. The highest BCUT2D eigenvalue weighted by atomic mass is 16.1. The Morgan fingerprint density at radius 3 is 2.25 bits per heavy atom. The highest BCUT2D eigenvalue weighted by molar-refractivity contribution is 6.03. The second kappa shape index (κ2) is 5.05. The first-order valence-corrected chi connectivity index (χ1v) is 6.38. The fourth-order valence-corrected chi connectivity index (χ4v) is 2.37. The summed E-state index contributed by atoms with van der Waals surface area (Å²) in [6, 6.07) is 21.2. The van der Waals surface area contributed by atoms with Gasteiger partial charge < -0.3 is 5.73 Å². The van der Waals surface area contributed by atoms with Crippen LogP contribution in [-0.4, -0.2) is 6.41 Å². The lowest BCUT2D eigenvalue weighted by atomic mass is 10.1. The van der Waals surface area contributed by atoms with Crippen molar-refractivity contribution in [1.29, 1.82) is 0 Å². The van der Waals surface area contributed by atoms with Crippen molar-refractivity contribution in [1.82, 2.24) is 0 Å². The molecule has 3 aromatic carbocycles. The van der Waals surface area contributed by atoms with Gasteiger partial charge in [0.15, 0.2) is 0 Å². The van der Waals surface area contributed by atoms with Gasteiger partial charge in [-0.1, -0.05) is 48.5 Å². The minimum atomic E-state index is 0.576. The average Bonchev–Trinajstić information content (AvgIpc) is 2.50. The predicted molar refractivity (Wildman–Crippen MR) is 83.0 cm³/mol. The van der Waals surface area contributed by atoms with Crippen molar-refractivity contribution >= 4 is 34.2 Å². The summed E-state index contributed by atoms with van der Waals surface area (Å²) in [6.45, 7) is 0. The Morgan fingerprint density at radius 2 is 1.45 bits per heavy atom. The largest absolute Gasteiger partial charge is 0.397 e. The zero-order chi connectivity index (χ0) is 13.9. The Hall–Kier alpha value is -2.81. The quantitative estimate of drug-likeness (QED) is 0.577. The first-order valence-electron chi connectivity index (χ1n) is 6.38. The fourth-order valence-electron chi connectivity index (χ4n) is 2.37. The number of para-hydroxylation sites is 2. The molecule has 20 heavy (non-hydrogen) atoms. The molecule has 0 aliphatic rings. The van der Waals surface area contributed by atoms with Crippen LogP contribution in [0, 0.1) is 0 Å². The van der Waals surface area contributed by atoms with Crippen molar-refractivity contribution in [2.45, 2.75) is 0 Å². The van der Waals surface area contributed by atoms with Crippen LogP contribution in [0.1, 0.15) is 0 Å². The van der Waals surface area contributed by atoms with Crippen molar-refractivity contribution < 1.29 is 4.79 Å². The van der Waals surface area contributed by atoms with E-state index >= 15 is 0 Å². The summed E-state index contributed by atoms with van der Waals surface area (Å²) in [7, 11) is 0. The van der Waals surface area contributed by atoms with E-state index in [1.54, 1.807) is 11.0 Å². The van der Waals surface area contributed by atoms with Gasteiger partial charge in [-0.05, 0) is 23.6 Å². The van der Waals surface area contributed by atoms with E-state index in [1.807, 2.05) is 60.7 Å². The fraction of sp³-hybridized carbons (Fsp3) is 0. The Balaban J connectivity index is 2.23. The van der Waals surface area contributed by atoms with E-state index in [1.165, 1.54) is 0 Å². The molecule has 0 saturated carbocycles. The van der Waals surface area contributed by atoms with E-state index in [2.05, 4.69) is 0 Å².